The van der Waals surface area contributed by atoms with Gasteiger partial charge in [0.2, 0.25) is 5.91 Å². The van der Waals surface area contributed by atoms with Crippen molar-refractivity contribution < 1.29 is 26.4 Å². The molecule has 1 aromatic heterocycles. The van der Waals surface area contributed by atoms with Gasteiger partial charge in [-0.2, -0.15) is 13.2 Å². The lowest BCUT2D eigenvalue weighted by molar-refractivity contribution is -0.136. The van der Waals surface area contributed by atoms with Crippen molar-refractivity contribution in [3.8, 4) is 0 Å². The number of rotatable bonds is 3. The van der Waals surface area contributed by atoms with E-state index in [1.807, 2.05) is 0 Å². The number of sulfonamides is 1. The lowest BCUT2D eigenvalue weighted by Gasteiger charge is -2.15. The standard InChI is InChI=1S/C20H16F3N3O3S/c1-12(27)26-8-7-13-10-16(5-6-18(13)26)30(28,29)25-15-9-14-3-2-4-17(20(21,22)23)19(14)24-11-15/h2-6,9-11,25H,7-8H2,1H3. The number of carbonyl (C=O) groups excluding carboxylic acids is 1. The third-order valence-corrected chi connectivity index (χ3v) is 6.28. The molecule has 0 atom stereocenters. The number of pyridine rings is 1. The van der Waals surface area contributed by atoms with Crippen LogP contribution in [0.2, 0.25) is 0 Å². The highest BCUT2D eigenvalue weighted by molar-refractivity contribution is 7.92. The maximum Gasteiger partial charge on any atom is 0.418 e. The maximum atomic E-state index is 13.1. The molecule has 156 valence electrons. The van der Waals surface area contributed by atoms with Gasteiger partial charge in [-0.05, 0) is 42.3 Å². The van der Waals surface area contributed by atoms with E-state index in [2.05, 4.69) is 9.71 Å². The molecule has 0 unspecified atom stereocenters. The molecule has 1 aliphatic heterocycles. The van der Waals surface area contributed by atoms with Crippen LogP contribution in [-0.4, -0.2) is 25.9 Å². The second kappa shape index (κ2) is 6.98. The first-order valence-electron chi connectivity index (χ1n) is 8.96. The van der Waals surface area contributed by atoms with Gasteiger partial charge >= 0.3 is 6.18 Å². The Labute approximate surface area is 170 Å². The van der Waals surface area contributed by atoms with Crippen LogP contribution in [0.25, 0.3) is 10.9 Å². The number of alkyl halides is 3. The zero-order valence-electron chi connectivity index (χ0n) is 15.7. The molecule has 1 aliphatic rings. The van der Waals surface area contributed by atoms with E-state index < -0.39 is 21.8 Å². The summed E-state index contributed by atoms with van der Waals surface area (Å²) in [4.78, 5) is 17.0. The topological polar surface area (TPSA) is 79.4 Å². The van der Waals surface area contributed by atoms with E-state index in [1.54, 1.807) is 11.0 Å². The average molecular weight is 435 g/mol. The fraction of sp³-hybridized carbons (Fsp3) is 0.200. The number of anilines is 2. The van der Waals surface area contributed by atoms with Crippen molar-refractivity contribution in [2.45, 2.75) is 24.4 Å². The molecule has 3 aromatic rings. The molecule has 0 saturated heterocycles. The predicted molar refractivity (Wildman–Crippen MR) is 106 cm³/mol. The van der Waals surface area contributed by atoms with E-state index >= 15 is 0 Å². The third kappa shape index (κ3) is 3.58. The average Bonchev–Trinajstić information content (AvgIpc) is 3.10. The molecule has 2 heterocycles. The summed E-state index contributed by atoms with van der Waals surface area (Å²) in [6.45, 7) is 1.93. The van der Waals surface area contributed by atoms with Gasteiger partial charge in [-0.15, -0.1) is 0 Å². The summed E-state index contributed by atoms with van der Waals surface area (Å²) >= 11 is 0. The van der Waals surface area contributed by atoms with Crippen LogP contribution < -0.4 is 9.62 Å². The number of nitrogens with one attached hydrogen (secondary N) is 1. The fourth-order valence-electron chi connectivity index (χ4n) is 3.53. The fourth-order valence-corrected chi connectivity index (χ4v) is 4.62. The Balaban J connectivity index is 1.66. The molecular formula is C20H16F3N3O3S. The Kier molecular flexibility index (Phi) is 4.69. The van der Waals surface area contributed by atoms with E-state index in [4.69, 9.17) is 0 Å². The van der Waals surface area contributed by atoms with Gasteiger partial charge in [-0.25, -0.2) is 8.42 Å². The number of fused-ring (bicyclic) bond motifs is 2. The number of hydrogen-bond donors (Lipinski definition) is 1. The Bertz CT molecular complexity index is 1270. The van der Waals surface area contributed by atoms with E-state index in [0.29, 0.717) is 18.7 Å². The number of halogens is 3. The number of aromatic nitrogens is 1. The monoisotopic (exact) mass is 435 g/mol. The van der Waals surface area contributed by atoms with E-state index in [1.165, 1.54) is 37.3 Å². The quantitative estimate of drug-likeness (QED) is 0.675. The molecule has 1 amide bonds. The largest absolute Gasteiger partial charge is 0.418 e. The van der Waals surface area contributed by atoms with Crippen LogP contribution in [0.1, 0.15) is 18.1 Å². The molecular weight excluding hydrogens is 419 g/mol. The summed E-state index contributed by atoms with van der Waals surface area (Å²) in [5.41, 5.74) is 0.318. The number of amides is 1. The molecule has 10 heteroatoms. The van der Waals surface area contributed by atoms with Crippen molar-refractivity contribution in [1.82, 2.24) is 4.98 Å². The molecule has 4 rings (SSSR count). The van der Waals surface area contributed by atoms with Crippen LogP contribution in [0.3, 0.4) is 0 Å². The smallest absolute Gasteiger partial charge is 0.312 e. The van der Waals surface area contributed by atoms with Crippen LogP contribution in [0, 0.1) is 0 Å². The minimum absolute atomic E-state index is 0.00390. The summed E-state index contributed by atoms with van der Waals surface area (Å²) in [5.74, 6) is -0.122. The SMILES string of the molecule is CC(=O)N1CCc2cc(S(=O)(=O)Nc3cnc4c(C(F)(F)F)cccc4c3)ccc21. The molecule has 2 aromatic carbocycles. The Hall–Kier alpha value is -3.14. The van der Waals surface area contributed by atoms with Crippen molar-refractivity contribution in [2.75, 3.05) is 16.2 Å². The third-order valence-electron chi connectivity index (χ3n) is 4.91. The Morgan fingerprint density at radius 1 is 1.17 bits per heavy atom. The van der Waals surface area contributed by atoms with Crippen LogP contribution >= 0.6 is 0 Å². The number of para-hydroxylation sites is 1. The molecule has 0 saturated carbocycles. The van der Waals surface area contributed by atoms with Crippen LogP contribution in [-0.2, 0) is 27.4 Å². The lowest BCUT2D eigenvalue weighted by atomic mass is 10.1. The second-order valence-corrected chi connectivity index (χ2v) is 8.60. The van der Waals surface area contributed by atoms with E-state index in [9.17, 15) is 26.4 Å². The van der Waals surface area contributed by atoms with E-state index in [0.717, 1.165) is 17.8 Å². The molecule has 0 radical (unpaired) electrons. The van der Waals surface area contributed by atoms with Crippen molar-refractivity contribution >= 4 is 38.2 Å². The van der Waals surface area contributed by atoms with E-state index in [-0.39, 0.29) is 27.4 Å². The number of nitrogens with zero attached hydrogens (tertiary/aromatic N) is 2. The van der Waals surface area contributed by atoms with Gasteiger partial charge in [0, 0.05) is 24.5 Å². The zero-order chi connectivity index (χ0) is 21.7. The summed E-state index contributed by atoms with van der Waals surface area (Å²) in [6.07, 6.45) is -2.97. The molecule has 0 fully saturated rings. The van der Waals surface area contributed by atoms with Gasteiger partial charge in [-0.1, -0.05) is 12.1 Å². The molecule has 30 heavy (non-hydrogen) atoms. The van der Waals surface area contributed by atoms with Gasteiger partial charge in [-0.3, -0.25) is 14.5 Å². The molecule has 0 aliphatic carbocycles. The van der Waals surface area contributed by atoms with Gasteiger partial charge in [0.25, 0.3) is 10.0 Å². The molecule has 6 nitrogen and oxygen atoms in total. The first-order valence-corrected chi connectivity index (χ1v) is 10.4. The molecule has 1 N–H and O–H groups in total. The Morgan fingerprint density at radius 2 is 1.93 bits per heavy atom. The number of carbonyl (C=O) groups is 1. The van der Waals surface area contributed by atoms with Gasteiger partial charge in [0.05, 0.1) is 27.9 Å². The molecule has 0 spiro atoms. The zero-order valence-corrected chi connectivity index (χ0v) is 16.5. The number of hydrogen-bond acceptors (Lipinski definition) is 4. The van der Waals surface area contributed by atoms with Gasteiger partial charge in [0.1, 0.15) is 0 Å². The summed E-state index contributed by atoms with van der Waals surface area (Å²) < 4.78 is 67.3. The maximum absolute atomic E-state index is 13.1. The van der Waals surface area contributed by atoms with Crippen LogP contribution in [0.4, 0.5) is 24.5 Å². The summed E-state index contributed by atoms with van der Waals surface area (Å²) in [5, 5.41) is 0.163. The van der Waals surface area contributed by atoms with Crippen molar-refractivity contribution in [3.63, 3.8) is 0 Å². The minimum Gasteiger partial charge on any atom is -0.312 e. The second-order valence-electron chi connectivity index (χ2n) is 6.92. The van der Waals surface area contributed by atoms with Crippen molar-refractivity contribution in [2.24, 2.45) is 0 Å². The minimum atomic E-state index is -4.56. The first-order chi connectivity index (χ1) is 14.1. The lowest BCUT2D eigenvalue weighted by Crippen LogP contribution is -2.25. The van der Waals surface area contributed by atoms with Crippen molar-refractivity contribution in [1.29, 1.82) is 0 Å². The molecule has 0 bridgehead atoms. The predicted octanol–water partition coefficient (Wildman–Crippen LogP) is 3.96. The summed E-state index contributed by atoms with van der Waals surface area (Å²) in [6, 6.07) is 9.36. The number of benzene rings is 2. The Morgan fingerprint density at radius 3 is 2.63 bits per heavy atom. The normalized spacial score (nSPS) is 14.1. The van der Waals surface area contributed by atoms with Crippen molar-refractivity contribution in [3.05, 3.63) is 59.8 Å². The van der Waals surface area contributed by atoms with Gasteiger partial charge in [0.15, 0.2) is 0 Å². The highest BCUT2D eigenvalue weighted by Gasteiger charge is 2.33. The highest BCUT2D eigenvalue weighted by atomic mass is 32.2. The summed E-state index contributed by atoms with van der Waals surface area (Å²) in [7, 11) is -4.00. The van der Waals surface area contributed by atoms with Crippen LogP contribution in [0.15, 0.2) is 53.6 Å². The van der Waals surface area contributed by atoms with Crippen LogP contribution in [0.5, 0.6) is 0 Å². The van der Waals surface area contributed by atoms with Gasteiger partial charge < -0.3 is 4.90 Å². The first kappa shape index (κ1) is 20.1. The highest BCUT2D eigenvalue weighted by Crippen LogP contribution is 2.35.